The van der Waals surface area contributed by atoms with Gasteiger partial charge in [0.15, 0.2) is 21.3 Å². The Labute approximate surface area is 170 Å². The van der Waals surface area contributed by atoms with Crippen LogP contribution in [0.15, 0.2) is 18.2 Å². The highest BCUT2D eigenvalue weighted by Gasteiger charge is 2.30. The standard InChI is InChI=1S/C19H27N3O6S/c1-12(2)9-15(22-19(24)21-14-5-8-29(25,26)11-14)18(23)20-13-3-4-16-17(10-13)28-7-6-27-16/h3-4,10,12,14-15H,5-9,11H2,1-2H3,(H,20,23)(H2,21,22,24)/t14-,15-/m0/s1. The summed E-state index contributed by atoms with van der Waals surface area (Å²) in [6, 6.07) is 3.38. The van der Waals surface area contributed by atoms with E-state index in [9.17, 15) is 18.0 Å². The lowest BCUT2D eigenvalue weighted by molar-refractivity contribution is -0.118. The first-order valence-corrected chi connectivity index (χ1v) is 11.5. The van der Waals surface area contributed by atoms with Gasteiger partial charge in [0.05, 0.1) is 11.5 Å². The summed E-state index contributed by atoms with van der Waals surface area (Å²) >= 11 is 0. The van der Waals surface area contributed by atoms with Crippen LogP contribution >= 0.6 is 0 Å². The van der Waals surface area contributed by atoms with Gasteiger partial charge in [0.25, 0.3) is 0 Å². The van der Waals surface area contributed by atoms with E-state index in [-0.39, 0.29) is 23.3 Å². The Bertz CT molecular complexity index is 871. The van der Waals surface area contributed by atoms with Crippen LogP contribution in [0.3, 0.4) is 0 Å². The van der Waals surface area contributed by atoms with Gasteiger partial charge in [-0.15, -0.1) is 0 Å². The maximum atomic E-state index is 12.8. The number of nitrogens with one attached hydrogen (secondary N) is 3. The van der Waals surface area contributed by atoms with Gasteiger partial charge in [-0.05, 0) is 30.9 Å². The number of urea groups is 1. The monoisotopic (exact) mass is 425 g/mol. The summed E-state index contributed by atoms with van der Waals surface area (Å²) in [5.41, 5.74) is 0.539. The van der Waals surface area contributed by atoms with Crippen molar-refractivity contribution in [2.45, 2.75) is 38.8 Å². The fraction of sp³-hybridized carbons (Fsp3) is 0.579. The first-order valence-electron chi connectivity index (χ1n) is 9.70. The second kappa shape index (κ2) is 8.89. The highest BCUT2D eigenvalue weighted by molar-refractivity contribution is 7.91. The van der Waals surface area contributed by atoms with E-state index in [2.05, 4.69) is 16.0 Å². The van der Waals surface area contributed by atoms with E-state index < -0.39 is 28.0 Å². The number of fused-ring (bicyclic) bond motifs is 1. The van der Waals surface area contributed by atoms with Crippen molar-refractivity contribution in [2.75, 3.05) is 30.0 Å². The fourth-order valence-corrected chi connectivity index (χ4v) is 5.02. The highest BCUT2D eigenvalue weighted by atomic mass is 32.2. The van der Waals surface area contributed by atoms with Crippen LogP contribution in [0.4, 0.5) is 10.5 Å². The molecular weight excluding hydrogens is 398 g/mol. The van der Waals surface area contributed by atoms with E-state index in [1.54, 1.807) is 18.2 Å². The molecule has 2 aliphatic rings. The number of rotatable bonds is 6. The lowest BCUT2D eigenvalue weighted by Crippen LogP contribution is -2.51. The lowest BCUT2D eigenvalue weighted by Gasteiger charge is -2.22. The summed E-state index contributed by atoms with van der Waals surface area (Å²) in [4.78, 5) is 25.1. The summed E-state index contributed by atoms with van der Waals surface area (Å²) < 4.78 is 34.1. The molecule has 0 aliphatic carbocycles. The minimum atomic E-state index is -3.10. The normalized spacial score (nSPS) is 20.7. The number of carbonyl (C=O) groups is 2. The topological polar surface area (TPSA) is 123 Å². The van der Waals surface area contributed by atoms with Crippen molar-refractivity contribution in [3.8, 4) is 11.5 Å². The van der Waals surface area contributed by atoms with Crippen molar-refractivity contribution in [1.29, 1.82) is 0 Å². The molecule has 29 heavy (non-hydrogen) atoms. The minimum absolute atomic E-state index is 0.0674. The zero-order valence-corrected chi connectivity index (χ0v) is 17.4. The van der Waals surface area contributed by atoms with Crippen molar-refractivity contribution in [1.82, 2.24) is 10.6 Å². The zero-order chi connectivity index (χ0) is 21.0. The van der Waals surface area contributed by atoms with E-state index in [0.29, 0.717) is 43.2 Å². The summed E-state index contributed by atoms with van der Waals surface area (Å²) in [6.07, 6.45) is 0.820. The van der Waals surface area contributed by atoms with Gasteiger partial charge >= 0.3 is 6.03 Å². The predicted octanol–water partition coefficient (Wildman–Crippen LogP) is 1.30. The van der Waals surface area contributed by atoms with Crippen LogP contribution in [0.5, 0.6) is 11.5 Å². The maximum absolute atomic E-state index is 12.8. The van der Waals surface area contributed by atoms with Crippen LogP contribution in [-0.4, -0.2) is 57.2 Å². The molecule has 0 saturated carbocycles. The first kappa shape index (κ1) is 21.2. The van der Waals surface area contributed by atoms with Gasteiger partial charge in [-0.3, -0.25) is 4.79 Å². The molecule has 0 radical (unpaired) electrons. The molecule has 3 amide bonds. The average Bonchev–Trinajstić information content (AvgIpc) is 2.98. The van der Waals surface area contributed by atoms with Crippen molar-refractivity contribution in [3.05, 3.63) is 18.2 Å². The molecule has 10 heteroatoms. The van der Waals surface area contributed by atoms with Gasteiger partial charge < -0.3 is 25.4 Å². The van der Waals surface area contributed by atoms with Gasteiger partial charge in [0, 0.05) is 17.8 Å². The van der Waals surface area contributed by atoms with E-state index in [4.69, 9.17) is 9.47 Å². The molecule has 1 aromatic rings. The Morgan fingerprint density at radius 3 is 2.55 bits per heavy atom. The van der Waals surface area contributed by atoms with Crippen LogP contribution in [0.1, 0.15) is 26.7 Å². The third kappa shape index (κ3) is 5.99. The molecule has 160 valence electrons. The van der Waals surface area contributed by atoms with E-state index in [0.717, 1.165) is 0 Å². The predicted molar refractivity (Wildman–Crippen MR) is 108 cm³/mol. The summed E-state index contributed by atoms with van der Waals surface area (Å²) in [5.74, 6) is 0.985. The zero-order valence-electron chi connectivity index (χ0n) is 16.6. The first-order chi connectivity index (χ1) is 13.7. The number of sulfone groups is 1. The minimum Gasteiger partial charge on any atom is -0.486 e. The number of ether oxygens (including phenoxy) is 2. The molecule has 3 rings (SSSR count). The Morgan fingerprint density at radius 2 is 1.90 bits per heavy atom. The highest BCUT2D eigenvalue weighted by Crippen LogP contribution is 2.32. The van der Waals surface area contributed by atoms with Gasteiger partial charge in [0.2, 0.25) is 5.91 Å². The molecule has 1 fully saturated rings. The number of hydrogen-bond donors (Lipinski definition) is 3. The number of benzene rings is 1. The second-order valence-electron chi connectivity index (χ2n) is 7.75. The number of carbonyl (C=O) groups excluding carboxylic acids is 2. The van der Waals surface area contributed by atoms with Crippen molar-refractivity contribution >= 4 is 27.5 Å². The Hall–Kier alpha value is -2.49. The van der Waals surface area contributed by atoms with Crippen LogP contribution in [0.25, 0.3) is 0 Å². The molecule has 1 aromatic carbocycles. The fourth-order valence-electron chi connectivity index (χ4n) is 3.35. The van der Waals surface area contributed by atoms with Crippen molar-refractivity contribution in [3.63, 3.8) is 0 Å². The van der Waals surface area contributed by atoms with Crippen molar-refractivity contribution < 1.29 is 27.5 Å². The quantitative estimate of drug-likeness (QED) is 0.631. The van der Waals surface area contributed by atoms with Gasteiger partial charge in [-0.25, -0.2) is 13.2 Å². The Kier molecular flexibility index (Phi) is 6.51. The molecule has 0 unspecified atom stereocenters. The number of amides is 3. The molecule has 0 bridgehead atoms. The SMILES string of the molecule is CC(C)C[C@H](NC(=O)N[C@H]1CCS(=O)(=O)C1)C(=O)Nc1ccc2c(c1)OCCO2. The third-order valence-corrected chi connectivity index (χ3v) is 6.47. The van der Waals surface area contributed by atoms with E-state index in [1.807, 2.05) is 13.8 Å². The molecule has 0 aromatic heterocycles. The van der Waals surface area contributed by atoms with Crippen LogP contribution < -0.4 is 25.4 Å². The summed E-state index contributed by atoms with van der Waals surface area (Å²) in [6.45, 7) is 4.83. The number of hydrogen-bond acceptors (Lipinski definition) is 6. The van der Waals surface area contributed by atoms with E-state index in [1.165, 1.54) is 0 Å². The Balaban J connectivity index is 1.61. The number of anilines is 1. The van der Waals surface area contributed by atoms with Gasteiger partial charge in [-0.2, -0.15) is 0 Å². The molecule has 2 heterocycles. The van der Waals surface area contributed by atoms with Gasteiger partial charge in [-0.1, -0.05) is 13.8 Å². The largest absolute Gasteiger partial charge is 0.486 e. The molecule has 1 saturated heterocycles. The Morgan fingerprint density at radius 1 is 1.17 bits per heavy atom. The summed E-state index contributed by atoms with van der Waals surface area (Å²) in [5, 5.41) is 8.12. The molecule has 0 spiro atoms. The maximum Gasteiger partial charge on any atom is 0.315 e. The molecule has 9 nitrogen and oxygen atoms in total. The molecule has 2 aliphatic heterocycles. The molecule has 2 atom stereocenters. The van der Waals surface area contributed by atoms with Gasteiger partial charge in [0.1, 0.15) is 19.3 Å². The third-order valence-electron chi connectivity index (χ3n) is 4.71. The van der Waals surface area contributed by atoms with Crippen LogP contribution in [0.2, 0.25) is 0 Å². The lowest BCUT2D eigenvalue weighted by atomic mass is 10.0. The molecular formula is C19H27N3O6S. The van der Waals surface area contributed by atoms with E-state index >= 15 is 0 Å². The molecule has 3 N–H and O–H groups in total. The van der Waals surface area contributed by atoms with Crippen LogP contribution in [-0.2, 0) is 14.6 Å². The summed E-state index contributed by atoms with van der Waals surface area (Å²) in [7, 11) is -3.10. The average molecular weight is 426 g/mol. The smallest absolute Gasteiger partial charge is 0.315 e. The van der Waals surface area contributed by atoms with Crippen molar-refractivity contribution in [2.24, 2.45) is 5.92 Å². The second-order valence-corrected chi connectivity index (χ2v) is 9.98. The van der Waals surface area contributed by atoms with Crippen LogP contribution in [0, 0.1) is 5.92 Å².